The van der Waals surface area contributed by atoms with E-state index in [1.807, 2.05) is 7.11 Å². The Bertz CT molecular complexity index is 628. The zero-order chi connectivity index (χ0) is 19.6. The van der Waals surface area contributed by atoms with E-state index in [0.717, 1.165) is 76.0 Å². The Balaban J connectivity index is 1.40. The highest BCUT2D eigenvalue weighted by Crippen LogP contribution is 2.48. The Morgan fingerprint density at radius 3 is 2.79 bits per heavy atom. The molecule has 2 saturated heterocycles. The molecule has 0 radical (unpaired) electrons. The molecule has 0 N–H and O–H groups in total. The lowest BCUT2D eigenvalue weighted by Crippen LogP contribution is -2.56. The summed E-state index contributed by atoms with van der Waals surface area (Å²) in [6, 6.07) is 2.86. The van der Waals surface area contributed by atoms with E-state index >= 15 is 0 Å². The van der Waals surface area contributed by atoms with Crippen LogP contribution in [-0.4, -0.2) is 74.1 Å². The summed E-state index contributed by atoms with van der Waals surface area (Å²) in [6.07, 6.45) is 5.12. The predicted octanol–water partition coefficient (Wildman–Crippen LogP) is 3.14. The van der Waals surface area contributed by atoms with Gasteiger partial charge >= 0.3 is 0 Å². The summed E-state index contributed by atoms with van der Waals surface area (Å²) in [6.45, 7) is 12.3. The fourth-order valence-corrected chi connectivity index (χ4v) is 5.68. The number of ether oxygens (including phenoxy) is 2. The van der Waals surface area contributed by atoms with Crippen LogP contribution in [-0.2, 0) is 16.0 Å². The van der Waals surface area contributed by atoms with E-state index in [9.17, 15) is 0 Å². The minimum absolute atomic E-state index is 0.288. The molecule has 0 unspecified atom stereocenters. The fraction of sp³-hybridized carbons (Fsp3) is 0.864. The Kier molecular flexibility index (Phi) is 6.40. The molecule has 0 aromatic carbocycles. The van der Waals surface area contributed by atoms with Gasteiger partial charge in [0.1, 0.15) is 0 Å². The Hall–Kier alpha value is -0.950. The van der Waals surface area contributed by atoms with E-state index in [2.05, 4.69) is 34.9 Å². The minimum atomic E-state index is 0.288. The van der Waals surface area contributed by atoms with Crippen LogP contribution >= 0.6 is 0 Å². The first-order valence-electron chi connectivity index (χ1n) is 11.1. The summed E-state index contributed by atoms with van der Waals surface area (Å²) in [5.41, 5.74) is 1.35. The minimum Gasteiger partial charge on any atom is -0.384 e. The molecule has 1 aliphatic carbocycles. The van der Waals surface area contributed by atoms with Gasteiger partial charge in [-0.15, -0.1) is 0 Å². The molecule has 3 atom stereocenters. The van der Waals surface area contributed by atoms with Gasteiger partial charge in [-0.05, 0) is 44.1 Å². The first-order chi connectivity index (χ1) is 13.6. The molecule has 6 heteroatoms. The van der Waals surface area contributed by atoms with E-state index in [1.54, 1.807) is 0 Å². The quantitative estimate of drug-likeness (QED) is 0.743. The topological polar surface area (TPSA) is 51.0 Å². The van der Waals surface area contributed by atoms with Gasteiger partial charge in [0, 0.05) is 44.3 Å². The molecule has 158 valence electrons. The molecule has 28 heavy (non-hydrogen) atoms. The van der Waals surface area contributed by atoms with E-state index in [1.165, 1.54) is 25.7 Å². The average molecular weight is 392 g/mol. The summed E-state index contributed by atoms with van der Waals surface area (Å²) in [4.78, 5) is 5.24. The van der Waals surface area contributed by atoms with Crippen molar-refractivity contribution in [2.45, 2.75) is 58.0 Å². The number of fused-ring (bicyclic) bond motifs is 1. The molecule has 3 aliphatic rings. The van der Waals surface area contributed by atoms with Gasteiger partial charge in [0.15, 0.2) is 5.76 Å². The molecule has 4 rings (SSSR count). The summed E-state index contributed by atoms with van der Waals surface area (Å²) in [7, 11) is 1.87. The van der Waals surface area contributed by atoms with Crippen LogP contribution in [0.4, 0.5) is 0 Å². The lowest BCUT2D eigenvalue weighted by Gasteiger charge is -2.54. The molecule has 6 nitrogen and oxygen atoms in total. The number of likely N-dealkylation sites (tertiary alicyclic amines) is 1. The summed E-state index contributed by atoms with van der Waals surface area (Å²) in [5.74, 6) is 2.17. The van der Waals surface area contributed by atoms with Crippen molar-refractivity contribution in [1.29, 1.82) is 0 Å². The van der Waals surface area contributed by atoms with Gasteiger partial charge < -0.3 is 14.0 Å². The van der Waals surface area contributed by atoms with Gasteiger partial charge in [-0.25, -0.2) is 0 Å². The van der Waals surface area contributed by atoms with Gasteiger partial charge in [0.2, 0.25) is 0 Å². The van der Waals surface area contributed by atoms with Gasteiger partial charge in [-0.1, -0.05) is 19.0 Å². The number of aromatic nitrogens is 1. The first-order valence-corrected chi connectivity index (χ1v) is 11.1. The fourth-order valence-electron chi connectivity index (χ4n) is 5.68. The smallest absolute Gasteiger partial charge is 0.150 e. The molecule has 3 heterocycles. The van der Waals surface area contributed by atoms with E-state index in [0.29, 0.717) is 5.92 Å². The summed E-state index contributed by atoms with van der Waals surface area (Å²) >= 11 is 0. The second-order valence-electron chi connectivity index (χ2n) is 9.44. The third kappa shape index (κ3) is 4.30. The van der Waals surface area contributed by atoms with Crippen molar-refractivity contribution in [3.05, 3.63) is 17.5 Å². The third-order valence-electron chi connectivity index (χ3n) is 7.27. The lowest BCUT2D eigenvalue weighted by atomic mass is 9.62. The SMILES string of the molecule is COC[C@@]12CC[C@@H](N3CCOCC3)C[C@H]1CCN(Cc1cc(C(C)C)no1)C2. The van der Waals surface area contributed by atoms with Crippen molar-refractivity contribution >= 4 is 0 Å². The zero-order valence-corrected chi connectivity index (χ0v) is 17.9. The zero-order valence-electron chi connectivity index (χ0n) is 17.9. The van der Waals surface area contributed by atoms with Crippen LogP contribution < -0.4 is 0 Å². The molecule has 1 saturated carbocycles. The predicted molar refractivity (Wildman–Crippen MR) is 108 cm³/mol. The maximum absolute atomic E-state index is 5.76. The molecule has 2 aliphatic heterocycles. The largest absolute Gasteiger partial charge is 0.384 e. The number of piperidine rings is 1. The van der Waals surface area contributed by atoms with Crippen LogP contribution in [0.3, 0.4) is 0 Å². The molecule has 0 bridgehead atoms. The number of methoxy groups -OCH3 is 1. The van der Waals surface area contributed by atoms with Crippen LogP contribution in [0.5, 0.6) is 0 Å². The van der Waals surface area contributed by atoms with Crippen LogP contribution in [0.25, 0.3) is 0 Å². The number of nitrogens with zero attached hydrogens (tertiary/aromatic N) is 3. The van der Waals surface area contributed by atoms with Crippen LogP contribution in [0.2, 0.25) is 0 Å². The summed E-state index contributed by atoms with van der Waals surface area (Å²) < 4.78 is 16.9. The maximum Gasteiger partial charge on any atom is 0.150 e. The van der Waals surface area contributed by atoms with E-state index in [-0.39, 0.29) is 5.41 Å². The third-order valence-corrected chi connectivity index (χ3v) is 7.27. The lowest BCUT2D eigenvalue weighted by molar-refractivity contribution is -0.0880. The normalized spacial score (nSPS) is 32.6. The van der Waals surface area contributed by atoms with Crippen LogP contribution in [0.15, 0.2) is 10.6 Å². The second-order valence-corrected chi connectivity index (χ2v) is 9.44. The van der Waals surface area contributed by atoms with Crippen molar-refractivity contribution in [2.75, 3.05) is 53.1 Å². The first kappa shape index (κ1) is 20.3. The van der Waals surface area contributed by atoms with Gasteiger partial charge in [0.25, 0.3) is 0 Å². The van der Waals surface area contributed by atoms with E-state index in [4.69, 9.17) is 14.0 Å². The van der Waals surface area contributed by atoms with Crippen molar-refractivity contribution in [1.82, 2.24) is 15.0 Å². The molecular formula is C22H37N3O3. The van der Waals surface area contributed by atoms with Crippen molar-refractivity contribution in [3.8, 4) is 0 Å². The molecular weight excluding hydrogens is 354 g/mol. The standard InChI is InChI=1S/C22H37N3O3/c1-17(2)21-13-20(28-23-21)14-24-7-5-18-12-19(25-8-10-27-11-9-25)4-6-22(18,15-24)16-26-3/h13,17-19H,4-12,14-16H2,1-3H3/t18-,19-,22+/m1/s1. The number of morpholine rings is 1. The van der Waals surface area contributed by atoms with Gasteiger partial charge in [-0.2, -0.15) is 0 Å². The Morgan fingerprint density at radius 2 is 2.07 bits per heavy atom. The van der Waals surface area contributed by atoms with E-state index < -0.39 is 0 Å². The van der Waals surface area contributed by atoms with Crippen molar-refractivity contribution in [2.24, 2.45) is 11.3 Å². The maximum atomic E-state index is 5.76. The highest BCUT2D eigenvalue weighted by atomic mass is 16.5. The van der Waals surface area contributed by atoms with Crippen LogP contribution in [0, 0.1) is 11.3 Å². The highest BCUT2D eigenvalue weighted by Gasteiger charge is 2.48. The molecule has 3 fully saturated rings. The molecule has 1 aromatic rings. The highest BCUT2D eigenvalue weighted by molar-refractivity contribution is 5.09. The monoisotopic (exact) mass is 391 g/mol. The number of rotatable bonds is 6. The second kappa shape index (κ2) is 8.82. The Morgan fingerprint density at radius 1 is 1.25 bits per heavy atom. The number of hydrogen-bond acceptors (Lipinski definition) is 6. The summed E-state index contributed by atoms with van der Waals surface area (Å²) in [5, 5.41) is 4.24. The number of hydrogen-bond donors (Lipinski definition) is 0. The van der Waals surface area contributed by atoms with Crippen LogP contribution in [0.1, 0.15) is 56.9 Å². The van der Waals surface area contributed by atoms with Crippen molar-refractivity contribution in [3.63, 3.8) is 0 Å². The van der Waals surface area contributed by atoms with Gasteiger partial charge in [0.05, 0.1) is 32.1 Å². The molecule has 0 amide bonds. The van der Waals surface area contributed by atoms with Crippen molar-refractivity contribution < 1.29 is 14.0 Å². The average Bonchev–Trinajstić information content (AvgIpc) is 3.17. The Labute approximate surface area is 169 Å². The molecule has 0 spiro atoms. The molecule has 1 aromatic heterocycles. The van der Waals surface area contributed by atoms with Gasteiger partial charge in [-0.3, -0.25) is 9.80 Å².